The topological polar surface area (TPSA) is 30.2 Å². The van der Waals surface area contributed by atoms with E-state index in [0.29, 0.717) is 0 Å². The first kappa shape index (κ1) is 8.17. The smallest absolute Gasteiger partial charge is 0.213 e. The average molecular weight is 194 g/mol. The van der Waals surface area contributed by atoms with Crippen LogP contribution in [-0.4, -0.2) is 14.6 Å². The van der Waals surface area contributed by atoms with Crippen molar-refractivity contribution in [3.8, 4) is 11.3 Å². The predicted molar refractivity (Wildman–Crippen MR) is 57.3 cm³/mol. The van der Waals surface area contributed by atoms with Gasteiger partial charge >= 0.3 is 0 Å². The summed E-state index contributed by atoms with van der Waals surface area (Å²) in [5.41, 5.74) is 2.97. The molecule has 0 spiro atoms. The van der Waals surface area contributed by atoms with E-state index < -0.39 is 0 Å². The summed E-state index contributed by atoms with van der Waals surface area (Å²) >= 11 is 0. The SMILES string of the molecule is [c]1nc2cccc(-c3ccccc3)n2n1. The van der Waals surface area contributed by atoms with E-state index in [-0.39, 0.29) is 0 Å². The Balaban J connectivity index is 2.31. The maximum Gasteiger partial charge on any atom is 0.221 e. The molecular formula is C12H8N3. The summed E-state index contributed by atoms with van der Waals surface area (Å²) in [6.45, 7) is 0. The molecule has 0 aliphatic heterocycles. The second-order valence-electron chi connectivity index (χ2n) is 3.26. The third kappa shape index (κ3) is 1.29. The third-order valence-corrected chi connectivity index (χ3v) is 2.32. The summed E-state index contributed by atoms with van der Waals surface area (Å²) < 4.78 is 1.79. The molecule has 0 bridgehead atoms. The van der Waals surface area contributed by atoms with E-state index in [1.54, 1.807) is 4.52 Å². The molecule has 3 aromatic rings. The highest BCUT2D eigenvalue weighted by atomic mass is 15.3. The Hall–Kier alpha value is -2.16. The lowest BCUT2D eigenvalue weighted by atomic mass is 10.1. The fraction of sp³-hybridized carbons (Fsp3) is 0. The summed E-state index contributed by atoms with van der Waals surface area (Å²) in [5, 5.41) is 4.08. The summed E-state index contributed by atoms with van der Waals surface area (Å²) in [7, 11) is 0. The number of hydrogen-bond donors (Lipinski definition) is 0. The molecule has 3 rings (SSSR count). The van der Waals surface area contributed by atoms with Gasteiger partial charge in [0.15, 0.2) is 5.65 Å². The number of fused-ring (bicyclic) bond motifs is 1. The monoisotopic (exact) mass is 194 g/mol. The Morgan fingerprint density at radius 1 is 0.933 bits per heavy atom. The number of nitrogens with zero attached hydrogens (tertiary/aromatic N) is 3. The minimum Gasteiger partial charge on any atom is -0.213 e. The molecule has 0 unspecified atom stereocenters. The van der Waals surface area contributed by atoms with Crippen molar-refractivity contribution in [3.05, 3.63) is 54.9 Å². The molecule has 1 aromatic carbocycles. The summed E-state index contributed by atoms with van der Waals surface area (Å²) in [5.74, 6) is 0. The van der Waals surface area contributed by atoms with Crippen molar-refractivity contribution in [2.24, 2.45) is 0 Å². The molecule has 0 aliphatic carbocycles. The summed E-state index contributed by atoms with van der Waals surface area (Å²) in [6.07, 6.45) is 2.61. The van der Waals surface area contributed by atoms with Gasteiger partial charge in [0.2, 0.25) is 6.33 Å². The van der Waals surface area contributed by atoms with Gasteiger partial charge < -0.3 is 0 Å². The first-order chi connectivity index (χ1) is 7.45. The van der Waals surface area contributed by atoms with E-state index in [9.17, 15) is 0 Å². The van der Waals surface area contributed by atoms with Gasteiger partial charge in [0.05, 0.1) is 5.69 Å². The fourth-order valence-corrected chi connectivity index (χ4v) is 1.63. The largest absolute Gasteiger partial charge is 0.221 e. The first-order valence-corrected chi connectivity index (χ1v) is 4.72. The van der Waals surface area contributed by atoms with Crippen molar-refractivity contribution in [1.82, 2.24) is 14.6 Å². The van der Waals surface area contributed by atoms with E-state index in [4.69, 9.17) is 0 Å². The lowest BCUT2D eigenvalue weighted by molar-refractivity contribution is 0.964. The van der Waals surface area contributed by atoms with Gasteiger partial charge in [-0.3, -0.25) is 0 Å². The number of rotatable bonds is 1. The van der Waals surface area contributed by atoms with Gasteiger partial charge in [-0.2, -0.15) is 0 Å². The molecule has 3 nitrogen and oxygen atoms in total. The Morgan fingerprint density at radius 2 is 1.80 bits per heavy atom. The molecule has 0 amide bonds. The van der Waals surface area contributed by atoms with Gasteiger partial charge in [-0.25, -0.2) is 9.50 Å². The minimum absolute atomic E-state index is 0.816. The number of aromatic nitrogens is 3. The van der Waals surface area contributed by atoms with Crippen LogP contribution in [0, 0.1) is 6.33 Å². The van der Waals surface area contributed by atoms with Crippen LogP contribution in [0.3, 0.4) is 0 Å². The van der Waals surface area contributed by atoms with Crippen LogP contribution in [-0.2, 0) is 0 Å². The van der Waals surface area contributed by atoms with Gasteiger partial charge in [-0.05, 0) is 12.1 Å². The van der Waals surface area contributed by atoms with Crippen LogP contribution in [0.25, 0.3) is 16.9 Å². The van der Waals surface area contributed by atoms with Gasteiger partial charge in [0.1, 0.15) is 0 Å². The van der Waals surface area contributed by atoms with E-state index in [1.165, 1.54) is 0 Å². The van der Waals surface area contributed by atoms with Crippen molar-refractivity contribution in [1.29, 1.82) is 0 Å². The molecule has 71 valence electrons. The highest BCUT2D eigenvalue weighted by molar-refractivity contribution is 5.62. The molecule has 0 saturated carbocycles. The van der Waals surface area contributed by atoms with Crippen molar-refractivity contribution < 1.29 is 0 Å². The lowest BCUT2D eigenvalue weighted by Gasteiger charge is -2.02. The van der Waals surface area contributed by atoms with Crippen LogP contribution < -0.4 is 0 Å². The Labute approximate surface area is 87.0 Å². The maximum atomic E-state index is 4.08. The second-order valence-corrected chi connectivity index (χ2v) is 3.26. The van der Waals surface area contributed by atoms with Crippen LogP contribution in [0.1, 0.15) is 0 Å². The predicted octanol–water partition coefficient (Wildman–Crippen LogP) is 2.20. The second kappa shape index (κ2) is 3.20. The standard InChI is InChI=1S/C12H8N3/c1-2-5-10(6-3-1)11-7-4-8-12-13-9-14-15(11)12/h1-8H. The van der Waals surface area contributed by atoms with Crippen LogP contribution in [0.15, 0.2) is 48.5 Å². The van der Waals surface area contributed by atoms with Crippen LogP contribution in [0.2, 0.25) is 0 Å². The van der Waals surface area contributed by atoms with Crippen molar-refractivity contribution in [2.75, 3.05) is 0 Å². The fourth-order valence-electron chi connectivity index (χ4n) is 1.63. The first-order valence-electron chi connectivity index (χ1n) is 4.72. The van der Waals surface area contributed by atoms with Gasteiger partial charge in [-0.1, -0.05) is 36.4 Å². The van der Waals surface area contributed by atoms with Crippen LogP contribution >= 0.6 is 0 Å². The van der Waals surface area contributed by atoms with Crippen LogP contribution in [0.4, 0.5) is 0 Å². The maximum absolute atomic E-state index is 4.08. The molecule has 15 heavy (non-hydrogen) atoms. The molecule has 3 heteroatoms. The number of hydrogen-bond acceptors (Lipinski definition) is 2. The Bertz CT molecular complexity index is 584. The van der Waals surface area contributed by atoms with Gasteiger partial charge in [-0.15, -0.1) is 5.10 Å². The summed E-state index contributed by atoms with van der Waals surface area (Å²) in [6, 6.07) is 16.0. The molecule has 1 radical (unpaired) electrons. The van der Waals surface area contributed by atoms with E-state index in [1.807, 2.05) is 36.4 Å². The summed E-state index contributed by atoms with van der Waals surface area (Å²) in [4.78, 5) is 4.03. The zero-order chi connectivity index (χ0) is 10.1. The highest BCUT2D eigenvalue weighted by Crippen LogP contribution is 2.18. The number of benzene rings is 1. The third-order valence-electron chi connectivity index (χ3n) is 2.32. The zero-order valence-electron chi connectivity index (χ0n) is 7.96. The molecule has 0 saturated heterocycles. The van der Waals surface area contributed by atoms with E-state index in [2.05, 4.69) is 28.5 Å². The number of pyridine rings is 1. The van der Waals surface area contributed by atoms with E-state index >= 15 is 0 Å². The average Bonchev–Trinajstić information content (AvgIpc) is 2.78. The van der Waals surface area contributed by atoms with Crippen LogP contribution in [0.5, 0.6) is 0 Å². The lowest BCUT2D eigenvalue weighted by Crippen LogP contribution is -1.92. The molecule has 0 atom stereocenters. The molecular weight excluding hydrogens is 186 g/mol. The zero-order valence-corrected chi connectivity index (χ0v) is 7.96. The molecule has 0 aliphatic rings. The van der Waals surface area contributed by atoms with Gasteiger partial charge in [0, 0.05) is 5.56 Å². The normalized spacial score (nSPS) is 10.7. The van der Waals surface area contributed by atoms with Gasteiger partial charge in [0.25, 0.3) is 0 Å². The Kier molecular flexibility index (Phi) is 1.75. The highest BCUT2D eigenvalue weighted by Gasteiger charge is 2.03. The van der Waals surface area contributed by atoms with Crippen molar-refractivity contribution in [3.63, 3.8) is 0 Å². The quantitative estimate of drug-likeness (QED) is 0.594. The molecule has 2 heterocycles. The Morgan fingerprint density at radius 3 is 2.67 bits per heavy atom. The molecule has 0 fully saturated rings. The molecule has 2 aromatic heterocycles. The minimum atomic E-state index is 0.816. The molecule has 0 N–H and O–H groups in total. The van der Waals surface area contributed by atoms with Crippen molar-refractivity contribution in [2.45, 2.75) is 0 Å². The van der Waals surface area contributed by atoms with E-state index in [0.717, 1.165) is 16.9 Å². The van der Waals surface area contributed by atoms with Crippen molar-refractivity contribution >= 4 is 5.65 Å².